The van der Waals surface area contributed by atoms with Gasteiger partial charge >= 0.3 is 0 Å². The summed E-state index contributed by atoms with van der Waals surface area (Å²) in [7, 11) is 1.82. The standard InChI is InChI=1S/C21H28N6O2/c1-15-10-19(26-8-6-25(7-9-26)16(2)28)11-20(23-15)17-4-5-27(14-17)21(29)18-12-22-24(3)13-18/h10-13,17H,4-9,14H2,1-3H3/t17-/m0/s1. The zero-order chi connectivity index (χ0) is 20.5. The molecule has 0 bridgehead atoms. The van der Waals surface area contributed by atoms with E-state index in [4.69, 9.17) is 4.98 Å². The van der Waals surface area contributed by atoms with Crippen LogP contribution in [-0.4, -0.2) is 75.6 Å². The molecule has 0 aliphatic carbocycles. The zero-order valence-corrected chi connectivity index (χ0v) is 17.3. The first kappa shape index (κ1) is 19.4. The molecule has 154 valence electrons. The van der Waals surface area contributed by atoms with Gasteiger partial charge in [0.15, 0.2) is 0 Å². The van der Waals surface area contributed by atoms with Gasteiger partial charge < -0.3 is 14.7 Å². The van der Waals surface area contributed by atoms with E-state index in [1.54, 1.807) is 24.0 Å². The Labute approximate surface area is 171 Å². The number of aromatic nitrogens is 3. The van der Waals surface area contributed by atoms with E-state index in [0.717, 1.165) is 56.2 Å². The Morgan fingerprint density at radius 2 is 1.83 bits per heavy atom. The summed E-state index contributed by atoms with van der Waals surface area (Å²) in [6, 6.07) is 4.28. The highest BCUT2D eigenvalue weighted by molar-refractivity contribution is 5.94. The largest absolute Gasteiger partial charge is 0.368 e. The van der Waals surface area contributed by atoms with Gasteiger partial charge in [0.2, 0.25) is 5.91 Å². The third kappa shape index (κ3) is 4.11. The number of anilines is 1. The molecule has 2 amide bonds. The third-order valence-electron chi connectivity index (χ3n) is 5.89. The summed E-state index contributed by atoms with van der Waals surface area (Å²) in [5.74, 6) is 0.419. The molecule has 2 aromatic heterocycles. The molecule has 8 nitrogen and oxygen atoms in total. The second-order valence-corrected chi connectivity index (χ2v) is 8.02. The lowest BCUT2D eigenvalue weighted by molar-refractivity contribution is -0.129. The maximum absolute atomic E-state index is 12.7. The van der Waals surface area contributed by atoms with Gasteiger partial charge in [-0.2, -0.15) is 5.10 Å². The lowest BCUT2D eigenvalue weighted by Gasteiger charge is -2.36. The van der Waals surface area contributed by atoms with Crippen molar-refractivity contribution in [1.82, 2.24) is 24.6 Å². The van der Waals surface area contributed by atoms with E-state index < -0.39 is 0 Å². The topological polar surface area (TPSA) is 74.6 Å². The molecule has 2 aliphatic rings. The van der Waals surface area contributed by atoms with Crippen molar-refractivity contribution in [3.05, 3.63) is 41.5 Å². The molecule has 2 aromatic rings. The maximum Gasteiger partial charge on any atom is 0.257 e. The van der Waals surface area contributed by atoms with E-state index in [1.165, 1.54) is 0 Å². The van der Waals surface area contributed by atoms with Crippen molar-refractivity contribution in [3.63, 3.8) is 0 Å². The van der Waals surface area contributed by atoms with Gasteiger partial charge in [0.05, 0.1) is 11.8 Å². The van der Waals surface area contributed by atoms with Crippen LogP contribution < -0.4 is 4.90 Å². The Kier molecular flexibility index (Phi) is 5.25. The Bertz CT molecular complexity index is 916. The van der Waals surface area contributed by atoms with Crippen LogP contribution in [0.2, 0.25) is 0 Å². The number of rotatable bonds is 3. The summed E-state index contributed by atoms with van der Waals surface area (Å²) in [5, 5.41) is 4.10. The van der Waals surface area contributed by atoms with Gasteiger partial charge in [-0.3, -0.25) is 19.3 Å². The van der Waals surface area contributed by atoms with Crippen LogP contribution in [0.15, 0.2) is 24.5 Å². The minimum atomic E-state index is 0.0360. The highest BCUT2D eigenvalue weighted by Crippen LogP contribution is 2.30. The second kappa shape index (κ2) is 7.85. The fraction of sp³-hybridized carbons (Fsp3) is 0.524. The fourth-order valence-corrected chi connectivity index (χ4v) is 4.25. The van der Waals surface area contributed by atoms with Crippen molar-refractivity contribution < 1.29 is 9.59 Å². The molecule has 0 spiro atoms. The molecule has 1 atom stereocenters. The maximum atomic E-state index is 12.7. The first-order chi connectivity index (χ1) is 13.9. The van der Waals surface area contributed by atoms with E-state index in [9.17, 15) is 9.59 Å². The number of pyridine rings is 1. The molecule has 2 saturated heterocycles. The number of carbonyl (C=O) groups is 2. The van der Waals surface area contributed by atoms with Crippen molar-refractivity contribution >= 4 is 17.5 Å². The van der Waals surface area contributed by atoms with Crippen molar-refractivity contribution in [2.24, 2.45) is 7.05 Å². The molecule has 29 heavy (non-hydrogen) atoms. The van der Waals surface area contributed by atoms with Crippen molar-refractivity contribution in [2.75, 3.05) is 44.2 Å². The predicted octanol–water partition coefficient (Wildman–Crippen LogP) is 1.42. The number of aryl methyl sites for hydroxylation is 2. The molecule has 4 rings (SSSR count). The summed E-state index contributed by atoms with van der Waals surface area (Å²) in [4.78, 5) is 35.2. The monoisotopic (exact) mass is 396 g/mol. The molecule has 2 fully saturated rings. The lowest BCUT2D eigenvalue weighted by Crippen LogP contribution is -2.48. The van der Waals surface area contributed by atoms with E-state index in [1.807, 2.05) is 23.8 Å². The fourth-order valence-electron chi connectivity index (χ4n) is 4.25. The number of carbonyl (C=O) groups excluding carboxylic acids is 2. The van der Waals surface area contributed by atoms with Gasteiger partial charge in [-0.1, -0.05) is 0 Å². The quantitative estimate of drug-likeness (QED) is 0.785. The summed E-state index contributed by atoms with van der Waals surface area (Å²) >= 11 is 0. The van der Waals surface area contributed by atoms with E-state index in [-0.39, 0.29) is 17.7 Å². The highest BCUT2D eigenvalue weighted by atomic mass is 16.2. The molecule has 0 aromatic carbocycles. The van der Waals surface area contributed by atoms with Gasteiger partial charge in [-0.25, -0.2) is 0 Å². The van der Waals surface area contributed by atoms with Crippen LogP contribution in [0.1, 0.15) is 41.0 Å². The Morgan fingerprint density at radius 3 is 2.48 bits per heavy atom. The first-order valence-corrected chi connectivity index (χ1v) is 10.2. The van der Waals surface area contributed by atoms with Crippen LogP contribution >= 0.6 is 0 Å². The van der Waals surface area contributed by atoms with Gasteiger partial charge in [0, 0.05) is 82.4 Å². The Balaban J connectivity index is 1.45. The molecule has 0 N–H and O–H groups in total. The lowest BCUT2D eigenvalue weighted by atomic mass is 10.0. The summed E-state index contributed by atoms with van der Waals surface area (Å²) < 4.78 is 1.65. The normalized spacial score (nSPS) is 19.7. The average Bonchev–Trinajstić information content (AvgIpc) is 3.36. The Morgan fingerprint density at radius 1 is 1.07 bits per heavy atom. The molecule has 4 heterocycles. The third-order valence-corrected chi connectivity index (χ3v) is 5.89. The molecular weight excluding hydrogens is 368 g/mol. The number of nitrogens with zero attached hydrogens (tertiary/aromatic N) is 6. The van der Waals surface area contributed by atoms with Crippen LogP contribution in [-0.2, 0) is 11.8 Å². The second-order valence-electron chi connectivity index (χ2n) is 8.02. The highest BCUT2D eigenvalue weighted by Gasteiger charge is 2.30. The summed E-state index contributed by atoms with van der Waals surface area (Å²) in [6.07, 6.45) is 4.30. The Hall–Kier alpha value is -2.90. The van der Waals surface area contributed by atoms with E-state index >= 15 is 0 Å². The van der Waals surface area contributed by atoms with E-state index in [2.05, 4.69) is 22.1 Å². The molecule has 8 heteroatoms. The van der Waals surface area contributed by atoms with Crippen LogP contribution in [0, 0.1) is 6.92 Å². The SMILES string of the molecule is CC(=O)N1CCN(c2cc(C)nc([C@H]3CCN(C(=O)c4cnn(C)c4)C3)c2)CC1. The molecule has 2 aliphatic heterocycles. The van der Waals surface area contributed by atoms with Gasteiger partial charge in [0.25, 0.3) is 5.91 Å². The zero-order valence-electron chi connectivity index (χ0n) is 17.3. The molecule has 0 unspecified atom stereocenters. The predicted molar refractivity (Wildman–Crippen MR) is 110 cm³/mol. The van der Waals surface area contributed by atoms with Crippen LogP contribution in [0.3, 0.4) is 0 Å². The van der Waals surface area contributed by atoms with Crippen molar-refractivity contribution in [1.29, 1.82) is 0 Å². The smallest absolute Gasteiger partial charge is 0.257 e. The van der Waals surface area contributed by atoms with E-state index in [0.29, 0.717) is 12.1 Å². The summed E-state index contributed by atoms with van der Waals surface area (Å²) in [6.45, 7) is 8.24. The average molecular weight is 396 g/mol. The number of hydrogen-bond donors (Lipinski definition) is 0. The number of piperazine rings is 1. The molecular formula is C21H28N6O2. The summed E-state index contributed by atoms with van der Waals surface area (Å²) in [5.41, 5.74) is 3.83. The van der Waals surface area contributed by atoms with Crippen molar-refractivity contribution in [3.8, 4) is 0 Å². The number of likely N-dealkylation sites (tertiary alicyclic amines) is 1. The van der Waals surface area contributed by atoms with Crippen LogP contribution in [0.5, 0.6) is 0 Å². The molecule has 0 radical (unpaired) electrons. The van der Waals surface area contributed by atoms with Gasteiger partial charge in [0.1, 0.15) is 0 Å². The number of amides is 2. The molecule has 0 saturated carbocycles. The minimum absolute atomic E-state index is 0.0360. The number of hydrogen-bond acceptors (Lipinski definition) is 5. The van der Waals surface area contributed by atoms with Gasteiger partial charge in [-0.05, 0) is 25.5 Å². The van der Waals surface area contributed by atoms with Crippen LogP contribution in [0.4, 0.5) is 5.69 Å². The minimum Gasteiger partial charge on any atom is -0.368 e. The van der Waals surface area contributed by atoms with Crippen molar-refractivity contribution in [2.45, 2.75) is 26.2 Å². The first-order valence-electron chi connectivity index (χ1n) is 10.2. The van der Waals surface area contributed by atoms with Crippen LogP contribution in [0.25, 0.3) is 0 Å². The van der Waals surface area contributed by atoms with Gasteiger partial charge in [-0.15, -0.1) is 0 Å².